The predicted molar refractivity (Wildman–Crippen MR) is 106 cm³/mol. The number of nitrogens with one attached hydrogen (secondary N) is 2. The summed E-state index contributed by atoms with van der Waals surface area (Å²) in [6.45, 7) is 6.55. The smallest absolute Gasteiger partial charge is 0.326 e. The van der Waals surface area contributed by atoms with E-state index in [-0.39, 0.29) is 24.7 Å². The fourth-order valence-electron chi connectivity index (χ4n) is 2.19. The molecule has 1 aromatic carbocycles. The van der Waals surface area contributed by atoms with Gasteiger partial charge in [-0.15, -0.1) is 0 Å². The van der Waals surface area contributed by atoms with E-state index in [9.17, 15) is 23.9 Å². The normalized spacial score (nSPS) is 13.5. The Morgan fingerprint density at radius 1 is 1.29 bits per heavy atom. The van der Waals surface area contributed by atoms with Crippen molar-refractivity contribution in [2.45, 2.75) is 50.9 Å². The molecule has 1 aromatic rings. The van der Waals surface area contributed by atoms with Crippen LogP contribution in [-0.4, -0.2) is 46.3 Å². The van der Waals surface area contributed by atoms with Gasteiger partial charge in [-0.3, -0.25) is 9.59 Å². The number of carbonyl (C=O) groups is 3. The lowest BCUT2D eigenvalue weighted by Gasteiger charge is -2.29. The zero-order valence-electron chi connectivity index (χ0n) is 16.4. The summed E-state index contributed by atoms with van der Waals surface area (Å²) in [6.07, 6.45) is -0.0389. The molecule has 0 aliphatic heterocycles. The molecule has 3 N–H and O–H groups in total. The minimum atomic E-state index is -1.33. The average molecular weight is 414 g/mol. The van der Waals surface area contributed by atoms with E-state index in [1.54, 1.807) is 6.07 Å². The van der Waals surface area contributed by atoms with Crippen molar-refractivity contribution in [3.8, 4) is 5.75 Å². The number of hydrogen-bond acceptors (Lipinski definition) is 5. The summed E-state index contributed by atoms with van der Waals surface area (Å²) < 4.78 is 18.4. The van der Waals surface area contributed by atoms with Crippen molar-refractivity contribution in [3.63, 3.8) is 0 Å². The molecule has 28 heavy (non-hydrogen) atoms. The summed E-state index contributed by atoms with van der Waals surface area (Å²) in [6, 6.07) is 4.22. The molecule has 0 aliphatic rings. The minimum absolute atomic E-state index is 0.0334. The fraction of sp³-hybridized carbons (Fsp3) is 0.526. The molecule has 0 saturated heterocycles. The standard InChI is InChI=1S/C19H27FN2O5S/c1-11(2)15(28)16(23)22-19(3,4)18(26)21-14(17(24)25)8-9-27-13-7-5-6-12(20)10-13/h5-7,10-11,14-15,28H,8-9H2,1-4H3,(H,21,26)(H,22,23)(H,24,25). The van der Waals surface area contributed by atoms with Gasteiger partial charge in [0.25, 0.3) is 0 Å². The first-order valence-corrected chi connectivity index (χ1v) is 9.38. The summed E-state index contributed by atoms with van der Waals surface area (Å²) in [7, 11) is 0. The molecule has 0 aromatic heterocycles. The van der Waals surface area contributed by atoms with Gasteiger partial charge in [-0.1, -0.05) is 19.9 Å². The summed E-state index contributed by atoms with van der Waals surface area (Å²) in [5, 5.41) is 13.7. The Kier molecular flexibility index (Phi) is 8.74. The van der Waals surface area contributed by atoms with Gasteiger partial charge in [0, 0.05) is 12.5 Å². The molecule has 0 aliphatic carbocycles. The first kappa shape index (κ1) is 23.7. The lowest BCUT2D eigenvalue weighted by Crippen LogP contribution is -2.59. The van der Waals surface area contributed by atoms with Crippen LogP contribution in [-0.2, 0) is 14.4 Å². The molecule has 1 rings (SSSR count). The first-order chi connectivity index (χ1) is 12.9. The summed E-state index contributed by atoms with van der Waals surface area (Å²) in [4.78, 5) is 36.1. The Labute approximate surface area is 169 Å². The molecule has 0 heterocycles. The Morgan fingerprint density at radius 2 is 1.93 bits per heavy atom. The Hall–Kier alpha value is -2.29. The van der Waals surface area contributed by atoms with E-state index in [0.29, 0.717) is 0 Å². The zero-order valence-corrected chi connectivity index (χ0v) is 17.3. The van der Waals surface area contributed by atoms with E-state index >= 15 is 0 Å². The van der Waals surface area contributed by atoms with Crippen molar-refractivity contribution in [1.29, 1.82) is 0 Å². The average Bonchev–Trinajstić information content (AvgIpc) is 2.59. The van der Waals surface area contributed by atoms with Crippen LogP contribution in [0.3, 0.4) is 0 Å². The van der Waals surface area contributed by atoms with Gasteiger partial charge in [-0.2, -0.15) is 12.6 Å². The van der Waals surface area contributed by atoms with Crippen LogP contribution < -0.4 is 15.4 Å². The van der Waals surface area contributed by atoms with Crippen LogP contribution in [0.2, 0.25) is 0 Å². The quantitative estimate of drug-likeness (QED) is 0.439. The molecule has 9 heteroatoms. The predicted octanol–water partition coefficient (Wildman–Crippen LogP) is 2.01. The maximum Gasteiger partial charge on any atom is 0.326 e. The topological polar surface area (TPSA) is 105 Å². The van der Waals surface area contributed by atoms with Gasteiger partial charge in [0.15, 0.2) is 0 Å². The lowest BCUT2D eigenvalue weighted by molar-refractivity contribution is -0.143. The van der Waals surface area contributed by atoms with Crippen LogP contribution in [0.15, 0.2) is 24.3 Å². The van der Waals surface area contributed by atoms with Crippen molar-refractivity contribution >= 4 is 30.4 Å². The van der Waals surface area contributed by atoms with E-state index < -0.39 is 40.4 Å². The van der Waals surface area contributed by atoms with Crippen LogP contribution in [0.1, 0.15) is 34.1 Å². The van der Waals surface area contributed by atoms with Gasteiger partial charge in [-0.25, -0.2) is 9.18 Å². The molecular formula is C19H27FN2O5S. The Morgan fingerprint density at radius 3 is 2.46 bits per heavy atom. The molecule has 2 atom stereocenters. The maximum atomic E-state index is 13.1. The van der Waals surface area contributed by atoms with Gasteiger partial charge in [0.2, 0.25) is 11.8 Å². The SMILES string of the molecule is CC(C)C(S)C(=O)NC(C)(C)C(=O)NC(CCOc1cccc(F)c1)C(=O)O. The Balaban J connectivity index is 2.65. The number of carboxylic acid groups (broad SMARTS) is 1. The molecule has 0 saturated carbocycles. The first-order valence-electron chi connectivity index (χ1n) is 8.86. The van der Waals surface area contributed by atoms with E-state index in [0.717, 1.165) is 0 Å². The Bertz CT molecular complexity index is 711. The monoisotopic (exact) mass is 414 g/mol. The lowest BCUT2D eigenvalue weighted by atomic mass is 10.0. The van der Waals surface area contributed by atoms with Crippen LogP contribution in [0.5, 0.6) is 5.75 Å². The number of hydrogen-bond donors (Lipinski definition) is 4. The number of halogens is 1. The number of ether oxygens (including phenoxy) is 1. The number of carbonyl (C=O) groups excluding carboxylic acids is 2. The highest BCUT2D eigenvalue weighted by molar-refractivity contribution is 7.81. The molecule has 0 fully saturated rings. The second kappa shape index (κ2) is 10.3. The number of benzene rings is 1. The van der Waals surface area contributed by atoms with Crippen molar-refractivity contribution in [1.82, 2.24) is 10.6 Å². The summed E-state index contributed by atoms with van der Waals surface area (Å²) in [5.74, 6) is -2.55. The minimum Gasteiger partial charge on any atom is -0.493 e. The van der Waals surface area contributed by atoms with Crippen LogP contribution in [0.4, 0.5) is 4.39 Å². The summed E-state index contributed by atoms with van der Waals surface area (Å²) in [5.41, 5.74) is -1.33. The van der Waals surface area contributed by atoms with Crippen molar-refractivity contribution in [2.24, 2.45) is 5.92 Å². The molecule has 2 unspecified atom stereocenters. The van der Waals surface area contributed by atoms with Gasteiger partial charge in [-0.05, 0) is 31.9 Å². The second-order valence-corrected chi connectivity index (χ2v) is 7.82. The molecule has 7 nitrogen and oxygen atoms in total. The molecule has 156 valence electrons. The third-order valence-electron chi connectivity index (χ3n) is 3.98. The van der Waals surface area contributed by atoms with E-state index in [2.05, 4.69) is 23.3 Å². The van der Waals surface area contributed by atoms with Gasteiger partial charge >= 0.3 is 5.97 Å². The number of amides is 2. The molecule has 2 amide bonds. The third kappa shape index (κ3) is 7.38. The third-order valence-corrected chi connectivity index (χ3v) is 4.81. The number of carboxylic acids is 1. The van der Waals surface area contributed by atoms with E-state index in [1.807, 2.05) is 13.8 Å². The van der Waals surface area contributed by atoms with Gasteiger partial charge in [0.1, 0.15) is 23.1 Å². The van der Waals surface area contributed by atoms with Gasteiger partial charge < -0.3 is 20.5 Å². The molecule has 0 spiro atoms. The largest absolute Gasteiger partial charge is 0.493 e. The van der Waals surface area contributed by atoms with Crippen molar-refractivity contribution in [2.75, 3.05) is 6.61 Å². The van der Waals surface area contributed by atoms with E-state index in [4.69, 9.17) is 4.74 Å². The zero-order chi connectivity index (χ0) is 21.5. The van der Waals surface area contributed by atoms with Crippen molar-refractivity contribution < 1.29 is 28.6 Å². The highest BCUT2D eigenvalue weighted by atomic mass is 32.1. The number of aliphatic carboxylic acids is 1. The molecule has 0 bridgehead atoms. The van der Waals surface area contributed by atoms with Crippen LogP contribution in [0.25, 0.3) is 0 Å². The highest BCUT2D eigenvalue weighted by Gasteiger charge is 2.34. The maximum absolute atomic E-state index is 13.1. The number of rotatable bonds is 10. The van der Waals surface area contributed by atoms with Crippen LogP contribution >= 0.6 is 12.6 Å². The summed E-state index contributed by atoms with van der Waals surface area (Å²) >= 11 is 4.21. The molecule has 0 radical (unpaired) electrons. The molecular weight excluding hydrogens is 387 g/mol. The van der Waals surface area contributed by atoms with Crippen molar-refractivity contribution in [3.05, 3.63) is 30.1 Å². The second-order valence-electron chi connectivity index (χ2n) is 7.26. The number of thiol groups is 1. The fourth-order valence-corrected chi connectivity index (χ4v) is 2.25. The highest BCUT2D eigenvalue weighted by Crippen LogP contribution is 2.14. The van der Waals surface area contributed by atoms with Gasteiger partial charge in [0.05, 0.1) is 11.9 Å². The van der Waals surface area contributed by atoms with Crippen LogP contribution in [0, 0.1) is 11.7 Å². The van der Waals surface area contributed by atoms with E-state index in [1.165, 1.54) is 32.0 Å².